The number of aryl methyl sites for hydroxylation is 1. The maximum absolute atomic E-state index is 12.4. The van der Waals surface area contributed by atoms with Crippen molar-refractivity contribution in [2.24, 2.45) is 10.8 Å². The van der Waals surface area contributed by atoms with Gasteiger partial charge in [-0.25, -0.2) is 0 Å². The summed E-state index contributed by atoms with van der Waals surface area (Å²) in [5, 5.41) is 30.0. The maximum atomic E-state index is 12.4. The van der Waals surface area contributed by atoms with Gasteiger partial charge in [-0.3, -0.25) is 4.79 Å². The summed E-state index contributed by atoms with van der Waals surface area (Å²) < 4.78 is 0. The van der Waals surface area contributed by atoms with Crippen LogP contribution in [0.3, 0.4) is 0 Å². The number of carbonyl (C=O) groups is 1. The van der Waals surface area contributed by atoms with Crippen molar-refractivity contribution in [3.63, 3.8) is 0 Å². The van der Waals surface area contributed by atoms with Gasteiger partial charge in [-0.15, -0.1) is 0 Å². The molecule has 154 valence electrons. The third kappa shape index (κ3) is 3.66. The molecule has 3 fully saturated rings. The molecule has 0 saturated heterocycles. The molecular weight excluding hydrogens is 360 g/mol. The number of fused-ring (bicyclic) bond motifs is 3. The Labute approximate surface area is 174 Å². The van der Waals surface area contributed by atoms with Crippen LogP contribution < -0.4 is 0 Å². The molecule has 3 aliphatic carbocycles. The van der Waals surface area contributed by atoms with Crippen molar-refractivity contribution < 1.29 is 9.90 Å². The van der Waals surface area contributed by atoms with E-state index in [1.165, 1.54) is 0 Å². The van der Waals surface area contributed by atoms with Crippen LogP contribution in [0.1, 0.15) is 106 Å². The van der Waals surface area contributed by atoms with Gasteiger partial charge in [-0.1, -0.05) is 45.2 Å². The molecule has 2 bridgehead atoms. The number of unbranched alkanes of at least 4 members (excludes halogenated alkanes) is 2. The Morgan fingerprint density at radius 1 is 1.07 bits per heavy atom. The SMILES string of the molecule is CCCCCc1ccc(C2CC3(CCC)CCC2(C(=O)O)CC3)c(C#N)c1C#N. The van der Waals surface area contributed by atoms with Gasteiger partial charge in [0.25, 0.3) is 0 Å². The van der Waals surface area contributed by atoms with Crippen LogP contribution in [-0.2, 0) is 11.2 Å². The largest absolute Gasteiger partial charge is 0.481 e. The molecule has 1 N–H and O–H groups in total. The highest BCUT2D eigenvalue weighted by atomic mass is 16.4. The number of carboxylic acid groups (broad SMARTS) is 1. The van der Waals surface area contributed by atoms with E-state index >= 15 is 0 Å². The first-order valence-electron chi connectivity index (χ1n) is 11.2. The van der Waals surface area contributed by atoms with Crippen LogP contribution in [0.4, 0.5) is 0 Å². The number of benzene rings is 1. The lowest BCUT2D eigenvalue weighted by atomic mass is 9.47. The fourth-order valence-electron chi connectivity index (χ4n) is 6.03. The summed E-state index contributed by atoms with van der Waals surface area (Å²) in [7, 11) is 0. The van der Waals surface area contributed by atoms with E-state index in [9.17, 15) is 20.4 Å². The van der Waals surface area contributed by atoms with Crippen LogP contribution in [0.2, 0.25) is 0 Å². The molecule has 1 unspecified atom stereocenters. The number of hydrogen-bond donors (Lipinski definition) is 1. The van der Waals surface area contributed by atoms with Gasteiger partial charge in [0.15, 0.2) is 0 Å². The van der Waals surface area contributed by atoms with Crippen LogP contribution in [0, 0.1) is 33.5 Å². The first kappa shape index (κ1) is 21.4. The number of rotatable bonds is 8. The molecule has 4 nitrogen and oxygen atoms in total. The Hall–Kier alpha value is -2.33. The smallest absolute Gasteiger partial charge is 0.310 e. The summed E-state index contributed by atoms with van der Waals surface area (Å²) >= 11 is 0. The maximum Gasteiger partial charge on any atom is 0.310 e. The van der Waals surface area contributed by atoms with Gasteiger partial charge >= 0.3 is 5.97 Å². The predicted molar refractivity (Wildman–Crippen MR) is 112 cm³/mol. The van der Waals surface area contributed by atoms with E-state index in [1.807, 2.05) is 12.1 Å². The first-order chi connectivity index (χ1) is 14.0. The predicted octanol–water partition coefficient (Wildman–Crippen LogP) is 6.08. The number of aliphatic carboxylic acids is 1. The topological polar surface area (TPSA) is 84.9 Å². The second kappa shape index (κ2) is 8.58. The lowest BCUT2D eigenvalue weighted by Gasteiger charge is -2.56. The van der Waals surface area contributed by atoms with Gasteiger partial charge in [0, 0.05) is 5.92 Å². The van der Waals surface area contributed by atoms with Gasteiger partial charge in [-0.05, 0) is 67.9 Å². The summed E-state index contributed by atoms with van der Waals surface area (Å²) in [4.78, 5) is 12.4. The fraction of sp³-hybridized carbons (Fsp3) is 0.640. The quantitative estimate of drug-likeness (QED) is 0.543. The molecule has 0 spiro atoms. The van der Waals surface area contributed by atoms with E-state index < -0.39 is 11.4 Å². The molecule has 0 radical (unpaired) electrons. The monoisotopic (exact) mass is 392 g/mol. The molecule has 3 saturated carbocycles. The molecule has 1 aromatic rings. The molecular formula is C25H32N2O2. The van der Waals surface area contributed by atoms with Gasteiger partial charge in [0.2, 0.25) is 0 Å². The molecule has 0 heterocycles. The summed E-state index contributed by atoms with van der Waals surface area (Å²) in [6.07, 6.45) is 10.3. The zero-order valence-corrected chi connectivity index (χ0v) is 17.8. The molecule has 4 heteroatoms. The minimum absolute atomic E-state index is 0.180. The molecule has 0 amide bonds. The van der Waals surface area contributed by atoms with Crippen molar-refractivity contribution in [3.05, 3.63) is 34.4 Å². The highest BCUT2D eigenvalue weighted by Crippen LogP contribution is 2.65. The number of hydrogen-bond acceptors (Lipinski definition) is 3. The molecule has 0 aromatic heterocycles. The lowest BCUT2D eigenvalue weighted by molar-refractivity contribution is -0.162. The van der Waals surface area contributed by atoms with Crippen molar-refractivity contribution in [1.29, 1.82) is 10.5 Å². The minimum Gasteiger partial charge on any atom is -0.481 e. The van der Waals surface area contributed by atoms with E-state index in [4.69, 9.17) is 0 Å². The van der Waals surface area contributed by atoms with Crippen LogP contribution in [0.15, 0.2) is 12.1 Å². The second-order valence-corrected chi connectivity index (χ2v) is 9.21. The molecule has 4 rings (SSSR count). The standard InChI is InChI=1S/C25H32N2O2/c1-3-5-6-7-18-8-9-19(21(17-27)20(18)16-26)22-15-24(10-4-2)11-13-25(22,14-12-24)23(28)29/h8-9,22H,3-7,10-15H2,1-2H3,(H,28,29). The number of nitriles is 2. The van der Waals surface area contributed by atoms with E-state index in [0.29, 0.717) is 24.0 Å². The highest BCUT2D eigenvalue weighted by Gasteiger charge is 2.58. The molecule has 1 aromatic carbocycles. The normalized spacial score (nSPS) is 27.9. The van der Waals surface area contributed by atoms with E-state index in [0.717, 1.165) is 68.9 Å². The van der Waals surface area contributed by atoms with Crippen molar-refractivity contribution in [1.82, 2.24) is 0 Å². The molecule has 29 heavy (non-hydrogen) atoms. The van der Waals surface area contributed by atoms with Gasteiger partial charge in [-0.2, -0.15) is 10.5 Å². The highest BCUT2D eigenvalue weighted by molar-refractivity contribution is 5.77. The Balaban J connectivity index is 2.07. The van der Waals surface area contributed by atoms with Crippen LogP contribution in [0.5, 0.6) is 0 Å². The van der Waals surface area contributed by atoms with E-state index in [2.05, 4.69) is 26.0 Å². The molecule has 0 aliphatic heterocycles. The van der Waals surface area contributed by atoms with Crippen molar-refractivity contribution in [2.45, 2.75) is 90.4 Å². The summed E-state index contributed by atoms with van der Waals surface area (Å²) in [5.41, 5.74) is 2.01. The lowest BCUT2D eigenvalue weighted by Crippen LogP contribution is -2.51. The second-order valence-electron chi connectivity index (χ2n) is 9.21. The van der Waals surface area contributed by atoms with E-state index in [-0.39, 0.29) is 11.3 Å². The fourth-order valence-corrected chi connectivity index (χ4v) is 6.03. The summed E-state index contributed by atoms with van der Waals surface area (Å²) in [6.45, 7) is 4.33. The van der Waals surface area contributed by atoms with Gasteiger partial charge in [0.05, 0.1) is 16.5 Å². The van der Waals surface area contributed by atoms with Crippen LogP contribution in [-0.4, -0.2) is 11.1 Å². The number of carboxylic acids is 1. The Morgan fingerprint density at radius 3 is 2.31 bits per heavy atom. The van der Waals surface area contributed by atoms with Crippen LogP contribution >= 0.6 is 0 Å². The molecule has 1 atom stereocenters. The minimum atomic E-state index is -0.794. The third-order valence-corrected chi connectivity index (χ3v) is 7.69. The summed E-state index contributed by atoms with van der Waals surface area (Å²) in [6, 6.07) is 8.51. The Kier molecular flexibility index (Phi) is 6.33. The van der Waals surface area contributed by atoms with E-state index in [1.54, 1.807) is 0 Å². The van der Waals surface area contributed by atoms with Gasteiger partial charge < -0.3 is 5.11 Å². The van der Waals surface area contributed by atoms with Crippen molar-refractivity contribution >= 4 is 5.97 Å². The Bertz CT molecular complexity index is 851. The zero-order chi connectivity index (χ0) is 21.1. The number of nitrogens with zero attached hydrogens (tertiary/aromatic N) is 2. The van der Waals surface area contributed by atoms with Crippen molar-refractivity contribution in [2.75, 3.05) is 0 Å². The molecule has 3 aliphatic rings. The summed E-state index contributed by atoms with van der Waals surface area (Å²) in [5.74, 6) is -0.915. The third-order valence-electron chi connectivity index (χ3n) is 7.69. The van der Waals surface area contributed by atoms with Crippen molar-refractivity contribution in [3.8, 4) is 12.1 Å². The average Bonchev–Trinajstić information content (AvgIpc) is 2.73. The Morgan fingerprint density at radius 2 is 1.76 bits per heavy atom. The van der Waals surface area contributed by atoms with Gasteiger partial charge in [0.1, 0.15) is 12.1 Å². The average molecular weight is 393 g/mol. The van der Waals surface area contributed by atoms with Crippen LogP contribution in [0.25, 0.3) is 0 Å². The first-order valence-corrected chi connectivity index (χ1v) is 11.2. The zero-order valence-electron chi connectivity index (χ0n) is 17.8.